The Morgan fingerprint density at radius 3 is 2.88 bits per heavy atom. The number of benzene rings is 1. The molecule has 0 amide bonds. The lowest BCUT2D eigenvalue weighted by Crippen LogP contribution is -2.19. The average Bonchev–Trinajstić information content (AvgIpc) is 2.82. The molecule has 90 valence electrons. The van der Waals surface area contributed by atoms with Gasteiger partial charge in [0.15, 0.2) is 0 Å². The van der Waals surface area contributed by atoms with Crippen LogP contribution in [-0.4, -0.2) is 5.16 Å². The van der Waals surface area contributed by atoms with Crippen LogP contribution in [-0.2, 0) is 6.54 Å². The Kier molecular flexibility index (Phi) is 3.49. The summed E-state index contributed by atoms with van der Waals surface area (Å²) in [5, 5.41) is 6.58. The monoisotopic (exact) mass is 238 g/mol. The summed E-state index contributed by atoms with van der Waals surface area (Å²) in [7, 11) is 0. The molecule has 1 unspecified atom stereocenters. The summed E-state index contributed by atoms with van der Waals surface area (Å²) in [6.07, 6.45) is 1.53. The van der Waals surface area contributed by atoms with Crippen molar-refractivity contribution in [3.8, 4) is 0 Å². The summed E-state index contributed by atoms with van der Waals surface area (Å²) in [6.45, 7) is 2.17. The fraction of sp³-hybridized carbons (Fsp3) is 0.250. The first-order valence-corrected chi connectivity index (χ1v) is 5.24. The van der Waals surface area contributed by atoms with E-state index >= 15 is 0 Å². The van der Waals surface area contributed by atoms with Crippen LogP contribution in [0, 0.1) is 11.6 Å². The van der Waals surface area contributed by atoms with Crippen LogP contribution < -0.4 is 5.32 Å². The number of aromatic nitrogens is 1. The Morgan fingerprint density at radius 1 is 1.35 bits per heavy atom. The van der Waals surface area contributed by atoms with Crippen LogP contribution in [0.25, 0.3) is 0 Å². The molecule has 0 aliphatic heterocycles. The molecule has 1 atom stereocenters. The van der Waals surface area contributed by atoms with Gasteiger partial charge >= 0.3 is 0 Å². The Hall–Kier alpha value is -1.75. The van der Waals surface area contributed by atoms with Crippen molar-refractivity contribution in [2.75, 3.05) is 0 Å². The first-order valence-electron chi connectivity index (χ1n) is 5.24. The summed E-state index contributed by atoms with van der Waals surface area (Å²) >= 11 is 0. The van der Waals surface area contributed by atoms with Gasteiger partial charge in [-0.2, -0.15) is 0 Å². The van der Waals surface area contributed by atoms with Gasteiger partial charge in [0.1, 0.15) is 17.4 Å². The zero-order valence-electron chi connectivity index (χ0n) is 9.28. The lowest BCUT2D eigenvalue weighted by Gasteiger charge is -2.13. The fourth-order valence-electron chi connectivity index (χ4n) is 1.54. The Bertz CT molecular complexity index is 485. The second-order valence-corrected chi connectivity index (χ2v) is 3.75. The second kappa shape index (κ2) is 5.05. The number of hydrogen-bond donors (Lipinski definition) is 1. The quantitative estimate of drug-likeness (QED) is 0.890. The molecule has 2 aromatic rings. The van der Waals surface area contributed by atoms with Crippen molar-refractivity contribution >= 4 is 0 Å². The van der Waals surface area contributed by atoms with E-state index in [1.165, 1.54) is 12.3 Å². The molecule has 0 aliphatic rings. The molecule has 1 N–H and O–H groups in total. The molecule has 0 radical (unpaired) electrons. The van der Waals surface area contributed by atoms with Crippen LogP contribution in [0.15, 0.2) is 35.0 Å². The molecule has 0 fully saturated rings. The maximum Gasteiger partial charge on any atom is 0.150 e. The minimum absolute atomic E-state index is 0.296. The van der Waals surface area contributed by atoms with Gasteiger partial charge in [0, 0.05) is 17.7 Å². The third-order valence-electron chi connectivity index (χ3n) is 2.50. The van der Waals surface area contributed by atoms with E-state index in [9.17, 15) is 8.78 Å². The summed E-state index contributed by atoms with van der Waals surface area (Å²) < 4.78 is 31.3. The van der Waals surface area contributed by atoms with E-state index in [1.54, 1.807) is 13.0 Å². The lowest BCUT2D eigenvalue weighted by molar-refractivity contribution is 0.364. The summed E-state index contributed by atoms with van der Waals surface area (Å²) in [6, 6.07) is 4.81. The molecule has 0 saturated carbocycles. The van der Waals surface area contributed by atoms with Gasteiger partial charge < -0.3 is 9.84 Å². The largest absolute Gasteiger partial charge is 0.360 e. The molecule has 5 heteroatoms. The molecule has 0 spiro atoms. The van der Waals surface area contributed by atoms with Gasteiger partial charge in [-0.15, -0.1) is 0 Å². The molecule has 1 aromatic heterocycles. The first kappa shape index (κ1) is 11.7. The highest BCUT2D eigenvalue weighted by molar-refractivity contribution is 5.21. The third-order valence-corrected chi connectivity index (χ3v) is 2.50. The second-order valence-electron chi connectivity index (χ2n) is 3.75. The smallest absolute Gasteiger partial charge is 0.150 e. The summed E-state index contributed by atoms with van der Waals surface area (Å²) in [5.74, 6) is -0.229. The molecular weight excluding hydrogens is 226 g/mol. The molecule has 17 heavy (non-hydrogen) atoms. The fourth-order valence-corrected chi connectivity index (χ4v) is 1.54. The van der Waals surface area contributed by atoms with Gasteiger partial charge in [0.2, 0.25) is 0 Å². The Morgan fingerprint density at radius 2 is 2.18 bits per heavy atom. The number of halogens is 2. The molecule has 0 saturated heterocycles. The minimum atomic E-state index is -0.449. The molecule has 0 bridgehead atoms. The number of rotatable bonds is 4. The molecule has 1 aromatic carbocycles. The molecular formula is C12H12F2N2O. The highest BCUT2D eigenvalue weighted by atomic mass is 19.1. The molecule has 2 rings (SSSR count). The van der Waals surface area contributed by atoms with Gasteiger partial charge in [0.05, 0.1) is 12.7 Å². The minimum Gasteiger partial charge on any atom is -0.360 e. The average molecular weight is 238 g/mol. The highest BCUT2D eigenvalue weighted by Gasteiger charge is 2.12. The summed E-state index contributed by atoms with van der Waals surface area (Å²) in [4.78, 5) is 0. The maximum absolute atomic E-state index is 13.4. The van der Waals surface area contributed by atoms with Gasteiger partial charge in [-0.25, -0.2) is 8.78 Å². The normalized spacial score (nSPS) is 12.6. The van der Waals surface area contributed by atoms with Gasteiger partial charge in [0.25, 0.3) is 0 Å². The number of hydrogen-bond acceptors (Lipinski definition) is 3. The van der Waals surface area contributed by atoms with Crippen LogP contribution in [0.5, 0.6) is 0 Å². The Labute approximate surface area is 97.4 Å². The maximum atomic E-state index is 13.4. The van der Waals surface area contributed by atoms with E-state index in [-0.39, 0.29) is 6.04 Å². The van der Waals surface area contributed by atoms with Crippen molar-refractivity contribution in [3.05, 3.63) is 53.4 Å². The molecule has 3 nitrogen and oxygen atoms in total. The Balaban J connectivity index is 2.04. The van der Waals surface area contributed by atoms with Crippen LogP contribution >= 0.6 is 0 Å². The predicted molar refractivity (Wildman–Crippen MR) is 58.1 cm³/mol. The van der Waals surface area contributed by atoms with Crippen molar-refractivity contribution in [1.82, 2.24) is 10.5 Å². The van der Waals surface area contributed by atoms with E-state index < -0.39 is 11.6 Å². The SMILES string of the molecule is CC(NCc1ccno1)c1cc(F)ccc1F. The topological polar surface area (TPSA) is 38.1 Å². The van der Waals surface area contributed by atoms with Crippen LogP contribution in [0.1, 0.15) is 24.3 Å². The zero-order chi connectivity index (χ0) is 12.3. The van der Waals surface area contributed by atoms with Crippen molar-refractivity contribution in [3.63, 3.8) is 0 Å². The van der Waals surface area contributed by atoms with Crippen molar-refractivity contribution in [2.45, 2.75) is 19.5 Å². The van der Waals surface area contributed by atoms with Crippen LogP contribution in [0.2, 0.25) is 0 Å². The van der Waals surface area contributed by atoms with Gasteiger partial charge in [-0.1, -0.05) is 5.16 Å². The van der Waals surface area contributed by atoms with Gasteiger partial charge in [-0.05, 0) is 25.1 Å². The lowest BCUT2D eigenvalue weighted by atomic mass is 10.1. The number of nitrogens with one attached hydrogen (secondary N) is 1. The van der Waals surface area contributed by atoms with Crippen molar-refractivity contribution < 1.29 is 13.3 Å². The summed E-state index contributed by atoms with van der Waals surface area (Å²) in [5.41, 5.74) is 0.296. The van der Waals surface area contributed by atoms with Crippen molar-refractivity contribution in [2.24, 2.45) is 0 Å². The standard InChI is InChI=1S/C12H12F2N2O/c1-8(15-7-10-4-5-16-17-10)11-6-9(13)2-3-12(11)14/h2-6,8,15H,7H2,1H3. The van der Waals surface area contributed by atoms with Crippen LogP contribution in [0.4, 0.5) is 8.78 Å². The first-order chi connectivity index (χ1) is 8.16. The van der Waals surface area contributed by atoms with E-state index in [2.05, 4.69) is 10.5 Å². The van der Waals surface area contributed by atoms with E-state index in [0.717, 1.165) is 12.1 Å². The van der Waals surface area contributed by atoms with E-state index in [1.807, 2.05) is 0 Å². The molecule has 0 aliphatic carbocycles. The van der Waals surface area contributed by atoms with E-state index in [4.69, 9.17) is 4.52 Å². The molecule has 1 heterocycles. The zero-order valence-corrected chi connectivity index (χ0v) is 9.28. The predicted octanol–water partition coefficient (Wildman–Crippen LogP) is 2.80. The third kappa shape index (κ3) is 2.88. The van der Waals surface area contributed by atoms with Gasteiger partial charge in [-0.3, -0.25) is 0 Å². The van der Waals surface area contributed by atoms with Crippen molar-refractivity contribution in [1.29, 1.82) is 0 Å². The van der Waals surface area contributed by atoms with E-state index in [0.29, 0.717) is 17.9 Å². The highest BCUT2D eigenvalue weighted by Crippen LogP contribution is 2.18. The van der Waals surface area contributed by atoms with Crippen LogP contribution in [0.3, 0.4) is 0 Å². The number of nitrogens with zero attached hydrogens (tertiary/aromatic N) is 1.